The van der Waals surface area contributed by atoms with E-state index in [9.17, 15) is 0 Å². The Balaban J connectivity index is 0.00000149. The molecular weight excluding hydrogens is 414 g/mol. The highest BCUT2D eigenvalue weighted by Gasteiger charge is 2.51. The molecule has 0 saturated carbocycles. The monoisotopic (exact) mass is 449 g/mol. The summed E-state index contributed by atoms with van der Waals surface area (Å²) in [7, 11) is -1.24. The standard InChI is InChI=1S/C24H29BFN4O.C2H6/c1-6-28-20(13-27)14-31-21-9-7-19(8-10-21)22-23-15(2)11-17(4)29(23)25(26)30-18(5)12-16(3)24(22)30;1-2/h7-13,28H,6,14,27H2,1-5H3;1-2H3/q+1;/b20-13-;. The van der Waals surface area contributed by atoms with Crippen molar-refractivity contribution < 1.29 is 13.5 Å². The van der Waals surface area contributed by atoms with Crippen LogP contribution in [-0.4, -0.2) is 35.1 Å². The number of hydrogen-bond donors (Lipinski definition) is 2. The van der Waals surface area contributed by atoms with Crippen molar-refractivity contribution in [2.45, 2.75) is 48.5 Å². The summed E-state index contributed by atoms with van der Waals surface area (Å²) < 4.78 is 25.1. The first-order chi connectivity index (χ1) is 15.9. The zero-order valence-corrected chi connectivity index (χ0v) is 20.8. The SMILES string of the molecule is CC.CCN/C(=C\N)COc1ccc(C2=C3C(C)=CC(C)=[N+]3B(F)n3c(C)cc(C)c32)cc1. The molecule has 0 radical (unpaired) electrons. The molecule has 174 valence electrons. The van der Waals surface area contributed by atoms with Crippen LogP contribution in [0.1, 0.15) is 57.1 Å². The Kier molecular flexibility index (Phi) is 7.52. The van der Waals surface area contributed by atoms with Gasteiger partial charge in [-0.1, -0.05) is 26.0 Å². The van der Waals surface area contributed by atoms with Gasteiger partial charge in [-0.2, -0.15) is 0 Å². The molecule has 0 spiro atoms. The number of ether oxygens (including phenoxy) is 1. The summed E-state index contributed by atoms with van der Waals surface area (Å²) in [4.78, 5) is 0. The van der Waals surface area contributed by atoms with Crippen molar-refractivity contribution in [3.63, 3.8) is 0 Å². The van der Waals surface area contributed by atoms with Crippen LogP contribution < -0.4 is 15.8 Å². The zero-order valence-electron chi connectivity index (χ0n) is 20.8. The quantitative estimate of drug-likeness (QED) is 0.615. The summed E-state index contributed by atoms with van der Waals surface area (Å²) in [5.41, 5.74) is 14.4. The van der Waals surface area contributed by atoms with Gasteiger partial charge in [0, 0.05) is 37.0 Å². The van der Waals surface area contributed by atoms with Gasteiger partial charge in [0.25, 0.3) is 0 Å². The molecule has 0 unspecified atom stereocenters. The molecule has 2 aliphatic rings. The van der Waals surface area contributed by atoms with Crippen molar-refractivity contribution >= 4 is 18.5 Å². The molecule has 5 nitrogen and oxygen atoms in total. The minimum atomic E-state index is -1.24. The molecule has 0 bridgehead atoms. The van der Waals surface area contributed by atoms with Crippen molar-refractivity contribution in [3.05, 3.63) is 82.1 Å². The van der Waals surface area contributed by atoms with Crippen LogP contribution in [0, 0.1) is 13.8 Å². The largest absolute Gasteiger partial charge is 0.846 e. The number of aryl methyl sites for hydroxylation is 2. The molecule has 2 aliphatic heterocycles. The maximum Gasteiger partial charge on any atom is 0.846 e. The molecule has 2 aromatic rings. The number of likely N-dealkylation sites (N-methyl/N-ethyl adjacent to an activating group) is 1. The fourth-order valence-corrected chi connectivity index (χ4v) is 4.58. The van der Waals surface area contributed by atoms with E-state index >= 15 is 4.32 Å². The number of rotatable bonds is 6. The van der Waals surface area contributed by atoms with Crippen LogP contribution in [0.5, 0.6) is 5.75 Å². The first-order valence-corrected chi connectivity index (χ1v) is 11.6. The third kappa shape index (κ3) is 4.36. The molecule has 0 aliphatic carbocycles. The van der Waals surface area contributed by atoms with Gasteiger partial charge in [0.2, 0.25) is 0 Å². The van der Waals surface area contributed by atoms with Crippen molar-refractivity contribution in [2.75, 3.05) is 13.2 Å². The smallest absolute Gasteiger partial charge is 0.487 e. The first kappa shape index (κ1) is 24.4. The number of fused-ring (bicyclic) bond motifs is 2. The van der Waals surface area contributed by atoms with Crippen molar-refractivity contribution in [2.24, 2.45) is 5.73 Å². The highest BCUT2D eigenvalue weighted by atomic mass is 19.1. The van der Waals surface area contributed by atoms with Crippen LogP contribution in [0.2, 0.25) is 0 Å². The maximum absolute atomic E-state index is 15.6. The van der Waals surface area contributed by atoms with Crippen LogP contribution in [0.25, 0.3) is 5.57 Å². The Labute approximate surface area is 197 Å². The summed E-state index contributed by atoms with van der Waals surface area (Å²) in [5, 5.41) is 3.17. The first-order valence-electron chi connectivity index (χ1n) is 11.6. The highest BCUT2D eigenvalue weighted by molar-refractivity contribution is 6.43. The molecule has 1 aromatic carbocycles. The van der Waals surface area contributed by atoms with Crippen molar-refractivity contribution in [3.8, 4) is 5.75 Å². The van der Waals surface area contributed by atoms with E-state index in [0.717, 1.165) is 63.1 Å². The fraction of sp³-hybridized carbons (Fsp3) is 0.346. The van der Waals surface area contributed by atoms with Crippen LogP contribution in [0.15, 0.2) is 59.6 Å². The van der Waals surface area contributed by atoms with E-state index in [4.69, 9.17) is 10.5 Å². The molecule has 4 rings (SSSR count). The highest BCUT2D eigenvalue weighted by Crippen LogP contribution is 2.40. The van der Waals surface area contributed by atoms with Gasteiger partial charge in [0.15, 0.2) is 11.4 Å². The van der Waals surface area contributed by atoms with Crippen LogP contribution in [-0.2, 0) is 0 Å². The molecule has 33 heavy (non-hydrogen) atoms. The summed E-state index contributed by atoms with van der Waals surface area (Å²) in [6, 6.07) is 10.0. The number of benzene rings is 1. The van der Waals surface area contributed by atoms with Gasteiger partial charge in [0.1, 0.15) is 12.4 Å². The number of nitrogens with one attached hydrogen (secondary N) is 1. The minimum absolute atomic E-state index is 0.381. The predicted molar refractivity (Wildman–Crippen MR) is 136 cm³/mol. The summed E-state index contributed by atoms with van der Waals surface area (Å²) >= 11 is 0. The molecule has 1 aromatic heterocycles. The molecule has 0 atom stereocenters. The van der Waals surface area contributed by atoms with Gasteiger partial charge in [0.05, 0.1) is 17.0 Å². The van der Waals surface area contributed by atoms with Gasteiger partial charge in [-0.25, -0.2) is 8.80 Å². The Morgan fingerprint density at radius 2 is 1.85 bits per heavy atom. The molecule has 0 saturated heterocycles. The van der Waals surface area contributed by atoms with Crippen LogP contribution in [0.4, 0.5) is 4.32 Å². The lowest BCUT2D eigenvalue weighted by Gasteiger charge is -2.22. The summed E-state index contributed by atoms with van der Waals surface area (Å²) in [6.45, 7) is 15.2. The lowest BCUT2D eigenvalue weighted by atomic mass is 9.87. The molecule has 3 N–H and O–H groups in total. The Morgan fingerprint density at radius 1 is 1.18 bits per heavy atom. The van der Waals surface area contributed by atoms with Gasteiger partial charge >= 0.3 is 7.26 Å². The molecular formula is C26H35BFN4O+. The van der Waals surface area contributed by atoms with Crippen LogP contribution >= 0.6 is 0 Å². The van der Waals surface area contributed by atoms with E-state index in [-0.39, 0.29) is 0 Å². The van der Waals surface area contributed by atoms with Crippen molar-refractivity contribution in [1.29, 1.82) is 0 Å². The van der Waals surface area contributed by atoms with E-state index < -0.39 is 7.26 Å². The number of nitrogens with zero attached hydrogens (tertiary/aromatic N) is 2. The third-order valence-corrected chi connectivity index (χ3v) is 5.88. The number of aromatic nitrogens is 1. The number of hydrogen-bond acceptors (Lipinski definition) is 3. The van der Waals surface area contributed by atoms with Gasteiger partial charge in [-0.3, -0.25) is 4.48 Å². The normalized spacial score (nSPS) is 15.1. The Bertz CT molecular complexity index is 1160. The van der Waals surface area contributed by atoms with E-state index in [1.807, 2.05) is 72.7 Å². The van der Waals surface area contributed by atoms with E-state index in [1.54, 1.807) is 8.96 Å². The number of allylic oxidation sites excluding steroid dienone is 2. The van der Waals surface area contributed by atoms with Gasteiger partial charge in [-0.15, -0.1) is 0 Å². The predicted octanol–water partition coefficient (Wildman–Crippen LogP) is 4.93. The molecule has 7 heteroatoms. The van der Waals surface area contributed by atoms with E-state index in [1.165, 1.54) is 6.20 Å². The van der Waals surface area contributed by atoms with Gasteiger partial charge < -0.3 is 15.8 Å². The van der Waals surface area contributed by atoms with Gasteiger partial charge in [-0.05, 0) is 57.0 Å². The second-order valence-corrected chi connectivity index (χ2v) is 8.10. The summed E-state index contributed by atoms with van der Waals surface area (Å²) in [6.07, 6.45) is 3.58. The number of halogens is 1. The minimum Gasteiger partial charge on any atom is -0.487 e. The Hall–Kier alpha value is -3.22. The third-order valence-electron chi connectivity index (χ3n) is 5.88. The average Bonchev–Trinajstić information content (AvgIpc) is 3.28. The molecule has 0 amide bonds. The zero-order chi connectivity index (χ0) is 24.3. The molecule has 3 heterocycles. The van der Waals surface area contributed by atoms with E-state index in [0.29, 0.717) is 6.61 Å². The summed E-state index contributed by atoms with van der Waals surface area (Å²) in [5.74, 6) is 0.757. The second-order valence-electron chi connectivity index (χ2n) is 8.10. The Morgan fingerprint density at radius 3 is 2.45 bits per heavy atom. The van der Waals surface area contributed by atoms with E-state index in [2.05, 4.69) is 17.5 Å². The second kappa shape index (κ2) is 10.2. The van der Waals surface area contributed by atoms with Crippen molar-refractivity contribution in [1.82, 2.24) is 9.79 Å². The lowest BCUT2D eigenvalue weighted by Crippen LogP contribution is -2.40. The number of nitrogens with two attached hydrogens (primary N) is 1. The lowest BCUT2D eigenvalue weighted by molar-refractivity contribution is -0.336. The fourth-order valence-electron chi connectivity index (χ4n) is 4.58. The maximum atomic E-state index is 15.6. The molecule has 0 fully saturated rings. The average molecular weight is 449 g/mol. The topological polar surface area (TPSA) is 55.2 Å². The van der Waals surface area contributed by atoms with Crippen LogP contribution in [0.3, 0.4) is 0 Å².